The summed E-state index contributed by atoms with van der Waals surface area (Å²) in [7, 11) is 1.67. The fraction of sp³-hybridized carbons (Fsp3) is 0.318. The van der Waals surface area contributed by atoms with Crippen molar-refractivity contribution in [3.63, 3.8) is 0 Å². The first kappa shape index (κ1) is 18.1. The monoisotopic (exact) mass is 426 g/mol. The molecule has 0 unspecified atom stereocenters. The third kappa shape index (κ3) is 2.67. The summed E-state index contributed by atoms with van der Waals surface area (Å²) in [6.45, 7) is 5.09. The first-order chi connectivity index (χ1) is 12.9. The fourth-order valence-electron chi connectivity index (χ4n) is 4.36. The summed E-state index contributed by atoms with van der Waals surface area (Å²) in [6.07, 6.45) is 4.67. The van der Waals surface area contributed by atoms with Gasteiger partial charge in [-0.15, -0.1) is 0 Å². The van der Waals surface area contributed by atoms with Gasteiger partial charge in [-0.3, -0.25) is 4.79 Å². The molecular weight excluding hydrogens is 404 g/mol. The zero-order valence-corrected chi connectivity index (χ0v) is 17.3. The molecule has 0 aliphatic carbocycles. The molecule has 1 atom stereocenters. The number of carbonyl (C=O) groups excluding carboxylic acids is 1. The van der Waals surface area contributed by atoms with Crippen molar-refractivity contribution in [3.8, 4) is 5.75 Å². The second kappa shape index (κ2) is 6.41. The van der Waals surface area contributed by atoms with Gasteiger partial charge in [0.25, 0.3) is 0 Å². The maximum Gasteiger partial charge on any atom is 0.223 e. The van der Waals surface area contributed by atoms with E-state index in [1.165, 1.54) is 11.3 Å². The van der Waals surface area contributed by atoms with Crippen molar-refractivity contribution < 1.29 is 9.53 Å². The smallest absolute Gasteiger partial charge is 0.223 e. The van der Waals surface area contributed by atoms with Gasteiger partial charge in [0.2, 0.25) is 5.91 Å². The van der Waals surface area contributed by atoms with E-state index in [0.717, 1.165) is 15.8 Å². The van der Waals surface area contributed by atoms with Crippen LogP contribution in [0.4, 0.5) is 5.69 Å². The number of halogens is 1. The van der Waals surface area contributed by atoms with E-state index in [9.17, 15) is 4.79 Å². The number of fused-ring (bicyclic) bond motifs is 3. The lowest BCUT2D eigenvalue weighted by molar-refractivity contribution is -0.124. The molecule has 0 bridgehead atoms. The van der Waals surface area contributed by atoms with Crippen LogP contribution in [0.2, 0.25) is 0 Å². The Morgan fingerprint density at radius 2 is 2.00 bits per heavy atom. The Hall–Kier alpha value is -2.27. The van der Waals surface area contributed by atoms with Crippen molar-refractivity contribution in [1.29, 1.82) is 0 Å². The summed E-state index contributed by atoms with van der Waals surface area (Å²) in [4.78, 5) is 14.8. The molecule has 1 N–H and O–H groups in total. The van der Waals surface area contributed by atoms with E-state index in [1.54, 1.807) is 7.11 Å². The molecule has 1 amide bonds. The van der Waals surface area contributed by atoms with Gasteiger partial charge in [-0.05, 0) is 35.9 Å². The van der Waals surface area contributed by atoms with E-state index in [0.29, 0.717) is 13.0 Å². The molecule has 2 aromatic carbocycles. The second-order valence-electron chi connectivity index (χ2n) is 7.58. The van der Waals surface area contributed by atoms with Gasteiger partial charge in [0, 0.05) is 34.1 Å². The van der Waals surface area contributed by atoms with Gasteiger partial charge in [0.05, 0.1) is 7.11 Å². The maximum atomic E-state index is 12.4. The summed E-state index contributed by atoms with van der Waals surface area (Å²) in [6, 6.07) is 14.3. The van der Waals surface area contributed by atoms with Crippen LogP contribution in [0.3, 0.4) is 0 Å². The largest absolute Gasteiger partial charge is 0.496 e. The molecule has 2 heterocycles. The number of hydrogen-bond donors (Lipinski definition) is 1. The van der Waals surface area contributed by atoms with Crippen molar-refractivity contribution in [3.05, 3.63) is 64.1 Å². The number of hydrogen-bond acceptors (Lipinski definition) is 3. The van der Waals surface area contributed by atoms with Crippen LogP contribution in [0.1, 0.15) is 31.4 Å². The number of ether oxygens (including phenoxy) is 1. The Bertz CT molecular complexity index is 938. The molecule has 140 valence electrons. The summed E-state index contributed by atoms with van der Waals surface area (Å²) in [5.74, 6) is 0.880. The topological polar surface area (TPSA) is 41.6 Å². The summed E-state index contributed by atoms with van der Waals surface area (Å²) in [5.41, 5.74) is 2.51. The number of benzene rings is 2. The molecule has 2 aliphatic heterocycles. The number of nitrogens with one attached hydrogen (secondary N) is 1. The lowest BCUT2D eigenvalue weighted by Crippen LogP contribution is -2.68. The van der Waals surface area contributed by atoms with E-state index >= 15 is 0 Å². The zero-order chi connectivity index (χ0) is 19.2. The van der Waals surface area contributed by atoms with E-state index in [4.69, 9.17) is 4.74 Å². The predicted octanol–water partition coefficient (Wildman–Crippen LogP) is 4.48. The van der Waals surface area contributed by atoms with Crippen LogP contribution in [0.5, 0.6) is 5.75 Å². The Labute approximate surface area is 168 Å². The summed E-state index contributed by atoms with van der Waals surface area (Å²) >= 11 is 3.53. The normalized spacial score (nSPS) is 23.1. The van der Waals surface area contributed by atoms with Crippen LogP contribution < -0.4 is 15.0 Å². The van der Waals surface area contributed by atoms with Gasteiger partial charge >= 0.3 is 0 Å². The Morgan fingerprint density at radius 3 is 2.78 bits per heavy atom. The highest BCUT2D eigenvalue weighted by molar-refractivity contribution is 9.10. The van der Waals surface area contributed by atoms with E-state index in [2.05, 4.69) is 76.4 Å². The standard InChI is InChI=1S/C22H23BrN2O2/c1-21(2)17-6-4-5-7-18(17)25-13-11-20(26)24-22(21,25)12-10-15-14-16(23)8-9-19(15)27-3/h4-10,12,14H,11,13H2,1-3H3,(H,24,26)/b12-10+/t22-/m1/s1. The molecule has 2 aromatic rings. The molecule has 0 spiro atoms. The highest BCUT2D eigenvalue weighted by atomic mass is 79.9. The SMILES string of the molecule is COc1ccc(Br)cc1/C=C/[C@@]12NC(=O)CCN1c1ccccc1C2(C)C. The van der Waals surface area contributed by atoms with Gasteiger partial charge in [0.15, 0.2) is 0 Å². The third-order valence-electron chi connectivity index (χ3n) is 5.84. The fourth-order valence-corrected chi connectivity index (χ4v) is 4.74. The molecular formula is C22H23BrN2O2. The summed E-state index contributed by atoms with van der Waals surface area (Å²) in [5, 5.41) is 3.30. The van der Waals surface area contributed by atoms with E-state index < -0.39 is 5.66 Å². The lowest BCUT2D eigenvalue weighted by atomic mass is 9.74. The number of anilines is 1. The van der Waals surface area contributed by atoms with Crippen LogP contribution in [-0.4, -0.2) is 25.2 Å². The number of nitrogens with zero attached hydrogens (tertiary/aromatic N) is 1. The Morgan fingerprint density at radius 1 is 1.22 bits per heavy atom. The van der Waals surface area contributed by atoms with E-state index in [-0.39, 0.29) is 11.3 Å². The van der Waals surface area contributed by atoms with Gasteiger partial charge in [0.1, 0.15) is 11.4 Å². The first-order valence-corrected chi connectivity index (χ1v) is 9.89. The first-order valence-electron chi connectivity index (χ1n) is 9.10. The Balaban J connectivity index is 1.86. The molecule has 0 radical (unpaired) electrons. The number of carbonyl (C=O) groups is 1. The predicted molar refractivity (Wildman–Crippen MR) is 112 cm³/mol. The average Bonchev–Trinajstić information content (AvgIpc) is 2.85. The highest BCUT2D eigenvalue weighted by Crippen LogP contribution is 2.52. The lowest BCUT2D eigenvalue weighted by Gasteiger charge is -2.49. The van der Waals surface area contributed by atoms with Crippen LogP contribution in [-0.2, 0) is 10.2 Å². The second-order valence-corrected chi connectivity index (χ2v) is 8.49. The van der Waals surface area contributed by atoms with Gasteiger partial charge in [-0.2, -0.15) is 0 Å². The van der Waals surface area contributed by atoms with Crippen molar-refractivity contribution in [2.45, 2.75) is 31.3 Å². The quantitative estimate of drug-likeness (QED) is 0.785. The molecule has 4 rings (SSSR count). The molecule has 2 aliphatic rings. The number of methoxy groups -OCH3 is 1. The average molecular weight is 427 g/mol. The van der Waals surface area contributed by atoms with Crippen LogP contribution >= 0.6 is 15.9 Å². The molecule has 27 heavy (non-hydrogen) atoms. The van der Waals surface area contributed by atoms with Gasteiger partial charge < -0.3 is 15.0 Å². The van der Waals surface area contributed by atoms with Crippen molar-refractivity contribution >= 4 is 33.6 Å². The van der Waals surface area contributed by atoms with Crippen molar-refractivity contribution in [2.75, 3.05) is 18.6 Å². The molecule has 4 nitrogen and oxygen atoms in total. The zero-order valence-electron chi connectivity index (χ0n) is 15.8. The summed E-state index contributed by atoms with van der Waals surface area (Å²) < 4.78 is 6.50. The maximum absolute atomic E-state index is 12.4. The minimum absolute atomic E-state index is 0.0815. The van der Waals surface area contributed by atoms with E-state index in [1.807, 2.05) is 18.2 Å². The number of amides is 1. The third-order valence-corrected chi connectivity index (χ3v) is 6.33. The van der Waals surface area contributed by atoms with Crippen LogP contribution in [0, 0.1) is 0 Å². The van der Waals surface area contributed by atoms with Gasteiger partial charge in [-0.25, -0.2) is 0 Å². The minimum atomic E-state index is -0.612. The number of para-hydroxylation sites is 1. The molecule has 1 fully saturated rings. The minimum Gasteiger partial charge on any atom is -0.496 e. The highest BCUT2D eigenvalue weighted by Gasteiger charge is 2.57. The van der Waals surface area contributed by atoms with Crippen LogP contribution in [0.15, 0.2) is 53.0 Å². The molecule has 0 saturated carbocycles. The van der Waals surface area contributed by atoms with Crippen molar-refractivity contribution in [2.24, 2.45) is 0 Å². The molecule has 1 saturated heterocycles. The van der Waals surface area contributed by atoms with Gasteiger partial charge in [-0.1, -0.05) is 54.1 Å². The van der Waals surface area contributed by atoms with Crippen molar-refractivity contribution in [1.82, 2.24) is 5.32 Å². The van der Waals surface area contributed by atoms with Crippen LogP contribution in [0.25, 0.3) is 6.08 Å². The molecule has 5 heteroatoms. The number of rotatable bonds is 3. The molecule has 0 aromatic heterocycles. The Kier molecular flexibility index (Phi) is 4.30.